The molecule has 1 aliphatic carbocycles. The molecule has 0 aromatic heterocycles. The van der Waals surface area contributed by atoms with Crippen molar-refractivity contribution in [3.63, 3.8) is 0 Å². The van der Waals surface area contributed by atoms with E-state index in [1.54, 1.807) is 13.2 Å². The number of ether oxygens (including phenoxy) is 1. The number of hydrogen-bond donors (Lipinski definition) is 0. The zero-order valence-corrected chi connectivity index (χ0v) is 6.17. The first-order valence-corrected chi connectivity index (χ1v) is 3.57. The fourth-order valence-electron chi connectivity index (χ4n) is 1.07. The Hall–Kier alpha value is -0.630. The summed E-state index contributed by atoms with van der Waals surface area (Å²) >= 11 is 0. The zero-order valence-electron chi connectivity index (χ0n) is 6.17. The topological polar surface area (TPSA) is 26.3 Å². The van der Waals surface area contributed by atoms with Gasteiger partial charge in [-0.3, -0.25) is 4.79 Å². The smallest absolute Gasteiger partial charge is 0.155 e. The number of ketones is 1. The summed E-state index contributed by atoms with van der Waals surface area (Å²) in [5.74, 6) is 0.222. The highest BCUT2D eigenvalue weighted by molar-refractivity contribution is 5.89. The third-order valence-corrected chi connectivity index (χ3v) is 1.71. The summed E-state index contributed by atoms with van der Waals surface area (Å²) in [5, 5.41) is 0. The Morgan fingerprint density at radius 2 is 2.50 bits per heavy atom. The Balaban J connectivity index is 2.50. The summed E-state index contributed by atoms with van der Waals surface area (Å²) < 4.78 is 5.08. The van der Waals surface area contributed by atoms with Gasteiger partial charge in [0, 0.05) is 13.5 Å². The Morgan fingerprint density at radius 1 is 1.70 bits per heavy atom. The molecule has 0 fully saturated rings. The van der Waals surface area contributed by atoms with E-state index < -0.39 is 0 Å². The molecule has 0 bridgehead atoms. The Bertz CT molecular complexity index is 149. The largest absolute Gasteiger partial charge is 0.377 e. The highest BCUT2D eigenvalue weighted by atomic mass is 16.5. The van der Waals surface area contributed by atoms with Crippen LogP contribution in [0.2, 0.25) is 0 Å². The first kappa shape index (κ1) is 7.48. The Labute approximate surface area is 60.9 Å². The lowest BCUT2D eigenvalue weighted by atomic mass is 10.2. The van der Waals surface area contributed by atoms with Gasteiger partial charge in [-0.05, 0) is 18.9 Å². The van der Waals surface area contributed by atoms with Crippen molar-refractivity contribution >= 4 is 5.78 Å². The minimum atomic E-state index is 0.159. The average molecular weight is 140 g/mol. The quantitative estimate of drug-likeness (QED) is 0.549. The molecule has 56 valence electrons. The van der Waals surface area contributed by atoms with E-state index in [1.807, 2.05) is 6.08 Å². The van der Waals surface area contributed by atoms with Crippen LogP contribution in [-0.4, -0.2) is 19.0 Å². The molecule has 0 N–H and O–H groups in total. The second-order valence-electron chi connectivity index (χ2n) is 2.49. The van der Waals surface area contributed by atoms with Gasteiger partial charge >= 0.3 is 0 Å². The molecule has 1 rings (SSSR count). The summed E-state index contributed by atoms with van der Waals surface area (Å²) in [6.07, 6.45) is 6.22. The highest BCUT2D eigenvalue weighted by Crippen LogP contribution is 2.10. The fraction of sp³-hybridized carbons (Fsp3) is 0.625. The van der Waals surface area contributed by atoms with E-state index in [-0.39, 0.29) is 11.9 Å². The molecule has 2 nitrogen and oxygen atoms in total. The van der Waals surface area contributed by atoms with Gasteiger partial charge in [0.05, 0.1) is 6.10 Å². The van der Waals surface area contributed by atoms with Crippen molar-refractivity contribution < 1.29 is 9.53 Å². The van der Waals surface area contributed by atoms with Gasteiger partial charge in [0.2, 0.25) is 0 Å². The normalized spacial score (nSPS) is 26.5. The average Bonchev–Trinajstić information content (AvgIpc) is 2.14. The number of carbonyl (C=O) groups excluding carboxylic acids is 1. The second kappa shape index (κ2) is 3.52. The molecule has 1 aliphatic rings. The van der Waals surface area contributed by atoms with Gasteiger partial charge < -0.3 is 4.74 Å². The first-order valence-electron chi connectivity index (χ1n) is 3.57. The van der Waals surface area contributed by atoms with Gasteiger partial charge in [0.25, 0.3) is 0 Å². The van der Waals surface area contributed by atoms with Gasteiger partial charge in [-0.2, -0.15) is 0 Å². The van der Waals surface area contributed by atoms with Crippen LogP contribution in [-0.2, 0) is 9.53 Å². The lowest BCUT2D eigenvalue weighted by Crippen LogP contribution is -2.04. The van der Waals surface area contributed by atoms with Gasteiger partial charge in [-0.1, -0.05) is 6.08 Å². The zero-order chi connectivity index (χ0) is 7.40. The van der Waals surface area contributed by atoms with Crippen LogP contribution >= 0.6 is 0 Å². The van der Waals surface area contributed by atoms with E-state index in [4.69, 9.17) is 4.74 Å². The summed E-state index contributed by atoms with van der Waals surface area (Å²) in [4.78, 5) is 10.8. The van der Waals surface area contributed by atoms with Gasteiger partial charge in [0.15, 0.2) is 5.78 Å². The van der Waals surface area contributed by atoms with Crippen LogP contribution in [0.1, 0.15) is 19.3 Å². The lowest BCUT2D eigenvalue weighted by molar-refractivity contribution is -0.114. The molecular weight excluding hydrogens is 128 g/mol. The molecule has 0 radical (unpaired) electrons. The predicted octanol–water partition coefficient (Wildman–Crippen LogP) is 1.31. The molecule has 0 aliphatic heterocycles. The van der Waals surface area contributed by atoms with Crippen LogP contribution in [0.4, 0.5) is 0 Å². The number of allylic oxidation sites excluding steroid dienone is 1. The Kier molecular flexibility index (Phi) is 2.63. The molecule has 1 atom stereocenters. The van der Waals surface area contributed by atoms with Crippen molar-refractivity contribution in [3.8, 4) is 0 Å². The summed E-state index contributed by atoms with van der Waals surface area (Å²) in [7, 11) is 1.67. The molecule has 10 heavy (non-hydrogen) atoms. The molecule has 1 unspecified atom stereocenters. The van der Waals surface area contributed by atoms with Crippen LogP contribution in [0.25, 0.3) is 0 Å². The third-order valence-electron chi connectivity index (χ3n) is 1.71. The molecule has 2 heteroatoms. The van der Waals surface area contributed by atoms with Crippen molar-refractivity contribution in [1.29, 1.82) is 0 Å². The van der Waals surface area contributed by atoms with Crippen LogP contribution in [0.3, 0.4) is 0 Å². The number of methoxy groups -OCH3 is 1. The van der Waals surface area contributed by atoms with Gasteiger partial charge in [-0.15, -0.1) is 0 Å². The van der Waals surface area contributed by atoms with Crippen molar-refractivity contribution in [2.75, 3.05) is 7.11 Å². The summed E-state index contributed by atoms with van der Waals surface area (Å²) in [6, 6.07) is 0. The molecule has 0 aromatic rings. The number of carbonyl (C=O) groups is 1. The maximum absolute atomic E-state index is 10.8. The van der Waals surface area contributed by atoms with E-state index in [0.29, 0.717) is 6.42 Å². The van der Waals surface area contributed by atoms with Crippen LogP contribution in [0, 0.1) is 0 Å². The molecule has 0 saturated carbocycles. The second-order valence-corrected chi connectivity index (χ2v) is 2.49. The summed E-state index contributed by atoms with van der Waals surface area (Å²) in [6.45, 7) is 0. The maximum Gasteiger partial charge on any atom is 0.155 e. The third kappa shape index (κ3) is 1.95. The van der Waals surface area contributed by atoms with Crippen LogP contribution in [0.15, 0.2) is 12.2 Å². The molecule has 0 heterocycles. The van der Waals surface area contributed by atoms with Crippen molar-refractivity contribution in [2.45, 2.75) is 25.4 Å². The Morgan fingerprint density at radius 3 is 3.20 bits per heavy atom. The highest BCUT2D eigenvalue weighted by Gasteiger charge is 2.08. The molecule has 0 amide bonds. The van der Waals surface area contributed by atoms with E-state index in [2.05, 4.69) is 0 Å². The lowest BCUT2D eigenvalue weighted by Gasteiger charge is -2.05. The molecular formula is C8H12O2. The minimum absolute atomic E-state index is 0.159. The van der Waals surface area contributed by atoms with Gasteiger partial charge in [-0.25, -0.2) is 0 Å². The van der Waals surface area contributed by atoms with Crippen molar-refractivity contribution in [2.24, 2.45) is 0 Å². The summed E-state index contributed by atoms with van der Waals surface area (Å²) in [5.41, 5.74) is 0. The predicted molar refractivity (Wildman–Crippen MR) is 38.8 cm³/mol. The number of rotatable bonds is 1. The van der Waals surface area contributed by atoms with Crippen molar-refractivity contribution in [3.05, 3.63) is 12.2 Å². The molecule has 0 spiro atoms. The van der Waals surface area contributed by atoms with E-state index in [9.17, 15) is 4.79 Å². The SMILES string of the molecule is COC1C=CC(=O)CCC1. The molecule has 0 aromatic carbocycles. The fourth-order valence-corrected chi connectivity index (χ4v) is 1.07. The molecule has 0 saturated heterocycles. The minimum Gasteiger partial charge on any atom is -0.377 e. The monoisotopic (exact) mass is 140 g/mol. The van der Waals surface area contributed by atoms with Gasteiger partial charge in [0.1, 0.15) is 0 Å². The first-order chi connectivity index (χ1) is 4.83. The van der Waals surface area contributed by atoms with E-state index >= 15 is 0 Å². The van der Waals surface area contributed by atoms with E-state index in [0.717, 1.165) is 12.8 Å². The van der Waals surface area contributed by atoms with E-state index in [1.165, 1.54) is 0 Å². The van der Waals surface area contributed by atoms with Crippen LogP contribution < -0.4 is 0 Å². The number of hydrogen-bond acceptors (Lipinski definition) is 2. The maximum atomic E-state index is 10.8. The van der Waals surface area contributed by atoms with Crippen LogP contribution in [0.5, 0.6) is 0 Å². The standard InChI is InChI=1S/C8H12O2/c1-10-8-4-2-3-7(9)5-6-8/h5-6,8H,2-4H2,1H3. The van der Waals surface area contributed by atoms with Crippen molar-refractivity contribution in [1.82, 2.24) is 0 Å².